The molecule has 1 saturated heterocycles. The van der Waals surface area contributed by atoms with Gasteiger partial charge in [0, 0.05) is 13.1 Å². The zero-order valence-electron chi connectivity index (χ0n) is 7.29. The van der Waals surface area contributed by atoms with Crippen LogP contribution in [0.1, 0.15) is 12.8 Å². The summed E-state index contributed by atoms with van der Waals surface area (Å²) >= 11 is 4.72. The summed E-state index contributed by atoms with van der Waals surface area (Å²) in [6.45, 7) is 1.78. The minimum Gasteiger partial charge on any atom is -0.389 e. The molecule has 1 fully saturated rings. The molecule has 0 unspecified atom stereocenters. The summed E-state index contributed by atoms with van der Waals surface area (Å²) in [5.74, 6) is 0.424. The Labute approximate surface area is 82.8 Å². The fourth-order valence-corrected chi connectivity index (χ4v) is 1.50. The van der Waals surface area contributed by atoms with Crippen molar-refractivity contribution in [2.75, 3.05) is 13.1 Å². The van der Waals surface area contributed by atoms with E-state index in [4.69, 9.17) is 28.9 Å². The molecule has 0 aromatic carbocycles. The van der Waals surface area contributed by atoms with E-state index in [9.17, 15) is 0 Å². The molecule has 1 aliphatic heterocycles. The second-order valence-corrected chi connectivity index (χ2v) is 3.37. The smallest absolute Gasteiger partial charge is 0.126 e. The third kappa shape index (κ3) is 2.10. The Bertz CT molecular complexity index is 283. The first kappa shape index (κ1) is 9.81. The van der Waals surface area contributed by atoms with Crippen molar-refractivity contribution in [3.8, 4) is 6.07 Å². The van der Waals surface area contributed by atoms with Crippen LogP contribution >= 0.6 is 12.2 Å². The van der Waals surface area contributed by atoms with Crippen molar-refractivity contribution >= 4 is 17.2 Å². The molecule has 1 rings (SSSR count). The van der Waals surface area contributed by atoms with Crippen LogP contribution < -0.4 is 11.5 Å². The molecule has 0 spiro atoms. The van der Waals surface area contributed by atoms with E-state index >= 15 is 0 Å². The first-order valence-corrected chi connectivity index (χ1v) is 4.52. The Kier molecular flexibility index (Phi) is 3.09. The van der Waals surface area contributed by atoms with E-state index in [1.165, 1.54) is 0 Å². The van der Waals surface area contributed by atoms with E-state index in [-0.39, 0.29) is 10.6 Å². The monoisotopic (exact) mass is 196 g/mol. The van der Waals surface area contributed by atoms with Crippen molar-refractivity contribution in [1.29, 1.82) is 5.26 Å². The quantitative estimate of drug-likeness (QED) is 0.371. The highest BCUT2D eigenvalue weighted by molar-refractivity contribution is 7.80. The summed E-state index contributed by atoms with van der Waals surface area (Å²) in [6.07, 6.45) is 2.22. The van der Waals surface area contributed by atoms with Crippen LogP contribution in [0.5, 0.6) is 0 Å². The second kappa shape index (κ2) is 4.10. The lowest BCUT2D eigenvalue weighted by molar-refractivity contribution is 0.420. The highest BCUT2D eigenvalue weighted by Crippen LogP contribution is 2.13. The largest absolute Gasteiger partial charge is 0.389 e. The van der Waals surface area contributed by atoms with Gasteiger partial charge in [-0.25, -0.2) is 0 Å². The van der Waals surface area contributed by atoms with Crippen molar-refractivity contribution in [3.63, 3.8) is 0 Å². The van der Waals surface area contributed by atoms with Gasteiger partial charge in [0.1, 0.15) is 22.5 Å². The molecular formula is C8H12N4S. The van der Waals surface area contributed by atoms with Gasteiger partial charge in [0.15, 0.2) is 0 Å². The van der Waals surface area contributed by atoms with Crippen LogP contribution in [0.15, 0.2) is 11.4 Å². The fourth-order valence-electron chi connectivity index (χ4n) is 1.35. The minimum absolute atomic E-state index is 0.0758. The van der Waals surface area contributed by atoms with Crippen LogP contribution in [-0.2, 0) is 0 Å². The van der Waals surface area contributed by atoms with Crippen LogP contribution in [0.3, 0.4) is 0 Å². The van der Waals surface area contributed by atoms with Gasteiger partial charge in [0.05, 0.1) is 0 Å². The molecule has 0 aromatic rings. The van der Waals surface area contributed by atoms with Gasteiger partial charge in [0.25, 0.3) is 0 Å². The maximum atomic E-state index is 8.75. The van der Waals surface area contributed by atoms with Crippen molar-refractivity contribution in [2.24, 2.45) is 11.5 Å². The summed E-state index contributed by atoms with van der Waals surface area (Å²) in [6, 6.07) is 1.92. The number of nitrogens with two attached hydrogens (primary N) is 2. The summed E-state index contributed by atoms with van der Waals surface area (Å²) in [5, 5.41) is 8.75. The lowest BCUT2D eigenvalue weighted by Gasteiger charge is -2.18. The van der Waals surface area contributed by atoms with Gasteiger partial charge in [-0.15, -0.1) is 0 Å². The molecule has 5 heteroatoms. The standard InChI is InChI=1S/C8H12N4S/c9-5-6(8(11)13)7(10)12-3-1-2-4-12/h1-4,10H2,(H2,11,13). The normalized spacial score (nSPS) is 17.9. The molecule has 0 aromatic heterocycles. The maximum absolute atomic E-state index is 8.75. The van der Waals surface area contributed by atoms with Crippen LogP contribution in [0.25, 0.3) is 0 Å². The van der Waals surface area contributed by atoms with Crippen LogP contribution in [0.2, 0.25) is 0 Å². The predicted molar refractivity (Wildman–Crippen MR) is 54.4 cm³/mol. The predicted octanol–water partition coefficient (Wildman–Crippen LogP) is 0.0622. The molecule has 4 nitrogen and oxygen atoms in total. The number of nitriles is 1. The average molecular weight is 196 g/mol. The highest BCUT2D eigenvalue weighted by Gasteiger charge is 2.17. The van der Waals surface area contributed by atoms with Gasteiger partial charge in [-0.3, -0.25) is 0 Å². The average Bonchev–Trinajstić information content (AvgIpc) is 2.56. The second-order valence-electron chi connectivity index (χ2n) is 2.93. The molecule has 0 amide bonds. The Morgan fingerprint density at radius 3 is 2.23 bits per heavy atom. The van der Waals surface area contributed by atoms with Crippen molar-refractivity contribution in [3.05, 3.63) is 11.4 Å². The Morgan fingerprint density at radius 2 is 1.85 bits per heavy atom. The molecule has 0 atom stereocenters. The third-order valence-corrected chi connectivity index (χ3v) is 2.27. The number of nitrogens with zero attached hydrogens (tertiary/aromatic N) is 2. The Hall–Kier alpha value is -1.28. The molecule has 0 aliphatic carbocycles. The van der Waals surface area contributed by atoms with Gasteiger partial charge in [-0.1, -0.05) is 12.2 Å². The maximum Gasteiger partial charge on any atom is 0.126 e. The molecular weight excluding hydrogens is 184 g/mol. The van der Waals surface area contributed by atoms with Crippen molar-refractivity contribution in [2.45, 2.75) is 12.8 Å². The van der Waals surface area contributed by atoms with Crippen molar-refractivity contribution in [1.82, 2.24) is 4.90 Å². The van der Waals surface area contributed by atoms with E-state index in [1.54, 1.807) is 0 Å². The summed E-state index contributed by atoms with van der Waals surface area (Å²) in [7, 11) is 0. The number of likely N-dealkylation sites (tertiary alicyclic amines) is 1. The number of thiocarbonyl (C=S) groups is 1. The molecule has 4 N–H and O–H groups in total. The van der Waals surface area contributed by atoms with E-state index in [2.05, 4.69) is 0 Å². The number of rotatable bonds is 2. The van der Waals surface area contributed by atoms with Gasteiger partial charge >= 0.3 is 0 Å². The van der Waals surface area contributed by atoms with Crippen LogP contribution in [0, 0.1) is 11.3 Å². The van der Waals surface area contributed by atoms with Crippen LogP contribution in [-0.4, -0.2) is 23.0 Å². The highest BCUT2D eigenvalue weighted by atomic mass is 32.1. The molecule has 1 heterocycles. The minimum atomic E-state index is 0.0758. The Balaban J connectivity index is 2.87. The van der Waals surface area contributed by atoms with Crippen molar-refractivity contribution < 1.29 is 0 Å². The first-order chi connectivity index (χ1) is 6.16. The molecule has 0 saturated carbocycles. The van der Waals surface area contributed by atoms with Gasteiger partial charge < -0.3 is 16.4 Å². The van der Waals surface area contributed by atoms with E-state index < -0.39 is 0 Å². The fraction of sp³-hybridized carbons (Fsp3) is 0.500. The van der Waals surface area contributed by atoms with E-state index in [1.807, 2.05) is 11.0 Å². The molecule has 1 aliphatic rings. The molecule has 0 bridgehead atoms. The summed E-state index contributed by atoms with van der Waals surface area (Å²) in [5.41, 5.74) is 11.3. The Morgan fingerprint density at radius 1 is 1.31 bits per heavy atom. The lowest BCUT2D eigenvalue weighted by Crippen LogP contribution is -2.29. The summed E-state index contributed by atoms with van der Waals surface area (Å²) < 4.78 is 0. The molecule has 70 valence electrons. The third-order valence-electron chi connectivity index (χ3n) is 2.06. The first-order valence-electron chi connectivity index (χ1n) is 4.11. The zero-order chi connectivity index (χ0) is 9.84. The molecule has 13 heavy (non-hydrogen) atoms. The number of hydrogen-bond acceptors (Lipinski definition) is 4. The van der Waals surface area contributed by atoms with Crippen LogP contribution in [0.4, 0.5) is 0 Å². The van der Waals surface area contributed by atoms with Gasteiger partial charge in [0.2, 0.25) is 0 Å². The zero-order valence-corrected chi connectivity index (χ0v) is 8.10. The van der Waals surface area contributed by atoms with Gasteiger partial charge in [-0.05, 0) is 12.8 Å². The summed E-state index contributed by atoms with van der Waals surface area (Å²) in [4.78, 5) is 2.02. The number of hydrogen-bond donors (Lipinski definition) is 2. The molecule has 0 radical (unpaired) electrons. The van der Waals surface area contributed by atoms with E-state index in [0.717, 1.165) is 25.9 Å². The SMILES string of the molecule is N#CC(C(N)=S)=C(N)N1CCCC1. The van der Waals surface area contributed by atoms with E-state index in [0.29, 0.717) is 5.82 Å². The topological polar surface area (TPSA) is 79.1 Å². The van der Waals surface area contributed by atoms with Gasteiger partial charge in [-0.2, -0.15) is 5.26 Å². The lowest BCUT2D eigenvalue weighted by atomic mass is 10.3.